The molecule has 3 heterocycles. The number of aliphatic hydroxyl groups is 11. The van der Waals surface area contributed by atoms with Gasteiger partial charge in [-0.15, -0.1) is 0 Å². The maximum atomic E-state index is 12.5. The fourth-order valence-electron chi connectivity index (χ4n) is 5.45. The van der Waals surface area contributed by atoms with Gasteiger partial charge in [-0.25, -0.2) is 4.79 Å². The van der Waals surface area contributed by atoms with Gasteiger partial charge in [0.2, 0.25) is 11.8 Å². The Hall–Kier alpha value is -2.23. The molecule has 3 aliphatic rings. The molecule has 14 N–H and O–H groups in total. The molecule has 16 atom stereocenters. The normalized spacial score (nSPS) is 42.3. The number of ether oxygens (including phenoxy) is 5. The van der Waals surface area contributed by atoms with Gasteiger partial charge >= 0.3 is 5.97 Å². The molecule has 0 aromatic carbocycles. The van der Waals surface area contributed by atoms with E-state index in [-0.39, 0.29) is 0 Å². The number of nitrogens with one attached hydrogen (secondary N) is 2. The van der Waals surface area contributed by atoms with Crippen molar-refractivity contribution in [3.8, 4) is 0 Å². The van der Waals surface area contributed by atoms with Crippen molar-refractivity contribution in [2.24, 2.45) is 0 Å². The number of carbonyl (C=O) groups excluding carboxylic acids is 2. The van der Waals surface area contributed by atoms with E-state index in [0.29, 0.717) is 0 Å². The molecular weight excluding hydrogens is 648 g/mol. The number of carbonyl (C=O) groups is 3. The van der Waals surface area contributed by atoms with Gasteiger partial charge < -0.3 is 95.6 Å². The summed E-state index contributed by atoms with van der Waals surface area (Å²) < 4.78 is 27.1. The molecule has 22 heteroatoms. The zero-order valence-corrected chi connectivity index (χ0v) is 24.8. The molecule has 3 saturated heterocycles. The molecule has 3 rings (SSSR count). The van der Waals surface area contributed by atoms with Crippen LogP contribution in [0.25, 0.3) is 0 Å². The van der Waals surface area contributed by atoms with E-state index in [0.717, 1.165) is 6.92 Å². The van der Waals surface area contributed by atoms with E-state index in [4.69, 9.17) is 28.8 Å². The number of carboxylic acid groups (broad SMARTS) is 1. The number of hydrogen-bond donors (Lipinski definition) is 14. The predicted octanol–water partition coefficient (Wildman–Crippen LogP) is -9.11. The van der Waals surface area contributed by atoms with Crippen molar-refractivity contribution in [2.75, 3.05) is 26.4 Å². The SMILES string of the molecule is CC(=O)N[C@@H]1[C@@H](O[C@@H]2O[C@H](CO)[C@H](O)[C@H](O)[C@H]2O)[C@@H](O)[C@@H](CO[C@]2(C(=O)O)C[C@H](O)[C@@H](NC(=O)CO)[C@H]([C@H](O)[C@H](O)CO)O2)O[C@H]1O. The first-order valence-corrected chi connectivity index (χ1v) is 14.4. The van der Waals surface area contributed by atoms with Crippen LogP contribution in [0.1, 0.15) is 13.3 Å². The Morgan fingerprint density at radius 3 is 2.11 bits per heavy atom. The minimum absolute atomic E-state index is 0.756. The number of carboxylic acids is 1. The smallest absolute Gasteiger partial charge is 0.364 e. The average Bonchev–Trinajstić information content (AvgIpc) is 3.03. The topological polar surface area (TPSA) is 364 Å². The van der Waals surface area contributed by atoms with Crippen molar-refractivity contribution in [1.29, 1.82) is 0 Å². The van der Waals surface area contributed by atoms with Crippen molar-refractivity contribution < 1.29 is 99.3 Å². The van der Waals surface area contributed by atoms with Crippen molar-refractivity contribution in [3.63, 3.8) is 0 Å². The van der Waals surface area contributed by atoms with E-state index < -0.39 is 148 Å². The van der Waals surface area contributed by atoms with Crippen LogP contribution in [0.5, 0.6) is 0 Å². The largest absolute Gasteiger partial charge is 0.477 e. The summed E-state index contributed by atoms with van der Waals surface area (Å²) in [5.74, 6) is -6.66. The first-order valence-electron chi connectivity index (χ1n) is 14.4. The van der Waals surface area contributed by atoms with Crippen LogP contribution in [0, 0.1) is 0 Å². The van der Waals surface area contributed by atoms with E-state index in [1.165, 1.54) is 0 Å². The fraction of sp³-hybridized carbons (Fsp3) is 0.880. The number of aliphatic carboxylic acids is 1. The van der Waals surface area contributed by atoms with Crippen LogP contribution in [0.2, 0.25) is 0 Å². The van der Waals surface area contributed by atoms with Crippen molar-refractivity contribution in [2.45, 2.75) is 111 Å². The summed E-state index contributed by atoms with van der Waals surface area (Å²) in [7, 11) is 0. The van der Waals surface area contributed by atoms with Gasteiger partial charge in [0.05, 0.1) is 32.0 Å². The molecule has 0 aromatic heterocycles. The fourth-order valence-corrected chi connectivity index (χ4v) is 5.45. The summed E-state index contributed by atoms with van der Waals surface area (Å²) in [5.41, 5.74) is 0. The van der Waals surface area contributed by atoms with Crippen LogP contribution in [-0.2, 0) is 38.1 Å². The lowest BCUT2D eigenvalue weighted by Crippen LogP contribution is -2.69. The minimum atomic E-state index is -2.91. The summed E-state index contributed by atoms with van der Waals surface area (Å²) in [6, 6.07) is -3.24. The Balaban J connectivity index is 1.88. The third kappa shape index (κ3) is 8.69. The summed E-state index contributed by atoms with van der Waals surface area (Å²) in [6.45, 7) is -2.95. The lowest BCUT2D eigenvalue weighted by Gasteiger charge is -2.48. The molecule has 0 unspecified atom stereocenters. The highest BCUT2D eigenvalue weighted by Crippen LogP contribution is 2.35. The van der Waals surface area contributed by atoms with Crippen LogP contribution >= 0.6 is 0 Å². The Bertz CT molecular complexity index is 1070. The van der Waals surface area contributed by atoms with Gasteiger partial charge in [0.15, 0.2) is 12.6 Å². The molecule has 0 radical (unpaired) electrons. The molecule has 0 spiro atoms. The molecule has 272 valence electrons. The molecule has 22 nitrogen and oxygen atoms in total. The molecular formula is C25H42N2O20. The maximum Gasteiger partial charge on any atom is 0.364 e. The molecule has 3 fully saturated rings. The Labute approximate surface area is 265 Å². The average molecular weight is 691 g/mol. The third-order valence-electron chi connectivity index (χ3n) is 7.97. The molecule has 0 aliphatic carbocycles. The van der Waals surface area contributed by atoms with Crippen LogP contribution in [0.4, 0.5) is 0 Å². The molecule has 0 aromatic rings. The second-order valence-electron chi connectivity index (χ2n) is 11.3. The van der Waals surface area contributed by atoms with Crippen molar-refractivity contribution in [1.82, 2.24) is 10.6 Å². The Morgan fingerprint density at radius 1 is 0.894 bits per heavy atom. The summed E-state index contributed by atoms with van der Waals surface area (Å²) in [6.07, 6.45) is -25.5. The minimum Gasteiger partial charge on any atom is -0.477 e. The first kappa shape index (κ1) is 39.2. The zero-order valence-electron chi connectivity index (χ0n) is 24.8. The summed E-state index contributed by atoms with van der Waals surface area (Å²) >= 11 is 0. The second-order valence-corrected chi connectivity index (χ2v) is 11.3. The third-order valence-corrected chi connectivity index (χ3v) is 7.97. The molecule has 2 amide bonds. The Kier molecular flexibility index (Phi) is 13.7. The highest BCUT2D eigenvalue weighted by Gasteiger charge is 2.57. The first-order chi connectivity index (χ1) is 22.0. The van der Waals surface area contributed by atoms with Crippen LogP contribution in [0.15, 0.2) is 0 Å². The van der Waals surface area contributed by atoms with Crippen LogP contribution < -0.4 is 10.6 Å². The van der Waals surface area contributed by atoms with Crippen molar-refractivity contribution in [3.05, 3.63) is 0 Å². The van der Waals surface area contributed by atoms with Crippen molar-refractivity contribution >= 4 is 17.8 Å². The number of rotatable bonds is 13. The summed E-state index contributed by atoms with van der Waals surface area (Å²) in [5, 5.41) is 126. The lowest BCUT2D eigenvalue weighted by molar-refractivity contribution is -0.351. The number of hydrogen-bond acceptors (Lipinski definition) is 19. The van der Waals surface area contributed by atoms with E-state index in [2.05, 4.69) is 10.6 Å². The van der Waals surface area contributed by atoms with Gasteiger partial charge in [-0.05, 0) is 0 Å². The van der Waals surface area contributed by atoms with Crippen LogP contribution in [0.3, 0.4) is 0 Å². The van der Waals surface area contributed by atoms with Gasteiger partial charge in [-0.3, -0.25) is 9.59 Å². The maximum absolute atomic E-state index is 12.5. The van der Waals surface area contributed by atoms with E-state index >= 15 is 0 Å². The standard InChI is InChI=1S/C25H42N2O20/c1-7(31)26-14-20(46-23-19(39)18(38)16(36)10(4-29)45-23)17(37)11(44-22(14)40)6-43-25(24(41)42)2-8(32)13(27-12(34)5-30)21(47-25)15(35)9(33)3-28/h8-11,13-23,28-30,32-33,35-40H,2-6H2,1H3,(H,26,31)(H,27,34)(H,41,42)/t8-,9+,10+,11+,13+,14+,15+,16-,17-,18-,19+,20+,21+,22+,23-,25+/m0/s1. The van der Waals surface area contributed by atoms with Gasteiger partial charge in [-0.2, -0.15) is 0 Å². The monoisotopic (exact) mass is 690 g/mol. The zero-order chi connectivity index (χ0) is 35.4. The predicted molar refractivity (Wildman–Crippen MR) is 143 cm³/mol. The number of aliphatic hydroxyl groups excluding tert-OH is 11. The molecule has 0 saturated carbocycles. The molecule has 47 heavy (non-hydrogen) atoms. The quantitative estimate of drug-likeness (QED) is 0.0852. The molecule has 0 bridgehead atoms. The second kappa shape index (κ2) is 16.4. The van der Waals surface area contributed by atoms with Gasteiger partial charge in [-0.1, -0.05) is 0 Å². The lowest BCUT2D eigenvalue weighted by atomic mass is 9.88. The van der Waals surface area contributed by atoms with Gasteiger partial charge in [0, 0.05) is 13.3 Å². The van der Waals surface area contributed by atoms with Gasteiger partial charge in [0.1, 0.15) is 73.7 Å². The van der Waals surface area contributed by atoms with Gasteiger partial charge in [0.25, 0.3) is 5.79 Å². The summed E-state index contributed by atoms with van der Waals surface area (Å²) in [4.78, 5) is 36.2. The van der Waals surface area contributed by atoms with Crippen LogP contribution in [-0.4, -0.2) is 203 Å². The van der Waals surface area contributed by atoms with E-state index in [9.17, 15) is 70.6 Å². The number of amides is 2. The molecule has 3 aliphatic heterocycles. The highest BCUT2D eigenvalue weighted by atomic mass is 16.7. The van der Waals surface area contributed by atoms with E-state index in [1.54, 1.807) is 0 Å². The highest BCUT2D eigenvalue weighted by molar-refractivity contribution is 5.78. The Morgan fingerprint density at radius 2 is 1.55 bits per heavy atom. The van der Waals surface area contributed by atoms with E-state index in [1.807, 2.05) is 0 Å².